The van der Waals surface area contributed by atoms with Crippen molar-refractivity contribution >= 4 is 11.6 Å². The lowest BCUT2D eigenvalue weighted by molar-refractivity contribution is -0.115. The number of Topliss-reactive ketones (excluding diaryl/α,β-unsaturated/α-hetero) is 1. The van der Waals surface area contributed by atoms with Gasteiger partial charge >= 0.3 is 0 Å². The number of carbonyl (C=O) groups excluding carboxylic acids is 2. The van der Waals surface area contributed by atoms with Crippen LogP contribution in [0.25, 0.3) is 0 Å². The summed E-state index contributed by atoms with van der Waals surface area (Å²) in [5.41, 5.74) is 1.15. The summed E-state index contributed by atoms with van der Waals surface area (Å²) in [6, 6.07) is 0. The minimum atomic E-state index is -0.141. The molecule has 0 heterocycles. The Morgan fingerprint density at radius 1 is 1.40 bits per heavy atom. The summed E-state index contributed by atoms with van der Waals surface area (Å²) in [4.78, 5) is 22.7. The molecule has 2 aliphatic carbocycles. The van der Waals surface area contributed by atoms with Crippen LogP contribution in [0.15, 0.2) is 23.0 Å². The van der Waals surface area contributed by atoms with Crippen LogP contribution in [0.4, 0.5) is 0 Å². The second-order valence-corrected chi connectivity index (χ2v) is 4.22. The van der Waals surface area contributed by atoms with E-state index in [4.69, 9.17) is 0 Å². The van der Waals surface area contributed by atoms with Crippen molar-refractivity contribution in [2.24, 2.45) is 5.92 Å². The van der Waals surface area contributed by atoms with Crippen LogP contribution < -0.4 is 0 Å². The standard InChI is InChI=1S/C12H14O3/c1-7(13)12-10-6-9(14)4-2-8(10)3-5-11(12)15/h6,8,15H,2-5H2,1H3. The van der Waals surface area contributed by atoms with Gasteiger partial charge in [0.2, 0.25) is 0 Å². The Hall–Kier alpha value is -1.38. The minimum absolute atomic E-state index is 0.0645. The van der Waals surface area contributed by atoms with Crippen molar-refractivity contribution in [1.29, 1.82) is 0 Å². The Balaban J connectivity index is 2.48. The van der Waals surface area contributed by atoms with Crippen molar-refractivity contribution < 1.29 is 14.7 Å². The Morgan fingerprint density at radius 2 is 2.07 bits per heavy atom. The van der Waals surface area contributed by atoms with Gasteiger partial charge < -0.3 is 5.11 Å². The summed E-state index contributed by atoms with van der Waals surface area (Å²) in [5.74, 6) is 0.366. The van der Waals surface area contributed by atoms with Gasteiger partial charge in [-0.3, -0.25) is 9.59 Å². The largest absolute Gasteiger partial charge is 0.512 e. The van der Waals surface area contributed by atoms with E-state index in [1.807, 2.05) is 0 Å². The second kappa shape index (κ2) is 3.65. The monoisotopic (exact) mass is 206 g/mol. The van der Waals surface area contributed by atoms with Gasteiger partial charge in [-0.1, -0.05) is 0 Å². The highest BCUT2D eigenvalue weighted by molar-refractivity contribution is 6.02. The number of hydrogen-bond acceptors (Lipinski definition) is 3. The summed E-state index contributed by atoms with van der Waals surface area (Å²) < 4.78 is 0. The van der Waals surface area contributed by atoms with Gasteiger partial charge in [0, 0.05) is 12.8 Å². The fraction of sp³-hybridized carbons (Fsp3) is 0.500. The fourth-order valence-electron chi connectivity index (χ4n) is 2.42. The van der Waals surface area contributed by atoms with E-state index in [9.17, 15) is 14.7 Å². The van der Waals surface area contributed by atoms with E-state index >= 15 is 0 Å². The lowest BCUT2D eigenvalue weighted by Crippen LogP contribution is -2.23. The Kier molecular flexibility index (Phi) is 2.47. The fourth-order valence-corrected chi connectivity index (χ4v) is 2.42. The predicted octanol–water partition coefficient (Wildman–Crippen LogP) is 2.09. The summed E-state index contributed by atoms with van der Waals surface area (Å²) in [6.07, 6.45) is 4.34. The zero-order valence-electron chi connectivity index (χ0n) is 8.75. The molecule has 0 spiro atoms. The van der Waals surface area contributed by atoms with Gasteiger partial charge in [-0.05, 0) is 37.3 Å². The van der Waals surface area contributed by atoms with Gasteiger partial charge in [0.15, 0.2) is 11.6 Å². The van der Waals surface area contributed by atoms with Crippen LogP contribution in [0.3, 0.4) is 0 Å². The van der Waals surface area contributed by atoms with Gasteiger partial charge in [0.05, 0.1) is 5.57 Å². The second-order valence-electron chi connectivity index (χ2n) is 4.22. The summed E-state index contributed by atoms with van der Waals surface area (Å²) in [5, 5.41) is 9.67. The normalized spacial score (nSPS) is 26.1. The number of allylic oxidation sites excluding steroid dienone is 4. The number of hydrogen-bond donors (Lipinski definition) is 1. The lowest BCUT2D eigenvalue weighted by atomic mass is 9.75. The van der Waals surface area contributed by atoms with Gasteiger partial charge in [0.25, 0.3) is 0 Å². The summed E-state index contributed by atoms with van der Waals surface area (Å²) >= 11 is 0. The molecular weight excluding hydrogens is 192 g/mol. The molecule has 0 saturated carbocycles. The molecule has 80 valence electrons. The lowest BCUT2D eigenvalue weighted by Gasteiger charge is -2.29. The van der Waals surface area contributed by atoms with Crippen molar-refractivity contribution in [1.82, 2.24) is 0 Å². The van der Waals surface area contributed by atoms with Crippen LogP contribution in [0.2, 0.25) is 0 Å². The molecule has 0 aromatic heterocycles. The van der Waals surface area contributed by atoms with Crippen LogP contribution in [-0.4, -0.2) is 16.7 Å². The molecule has 0 bridgehead atoms. The number of carbonyl (C=O) groups is 2. The van der Waals surface area contributed by atoms with Crippen molar-refractivity contribution in [3.8, 4) is 0 Å². The van der Waals surface area contributed by atoms with E-state index in [1.165, 1.54) is 6.92 Å². The van der Waals surface area contributed by atoms with Gasteiger partial charge in [0.1, 0.15) is 5.76 Å². The van der Waals surface area contributed by atoms with Gasteiger partial charge in [-0.15, -0.1) is 0 Å². The molecule has 3 nitrogen and oxygen atoms in total. The van der Waals surface area contributed by atoms with Crippen molar-refractivity contribution in [3.05, 3.63) is 23.0 Å². The summed E-state index contributed by atoms with van der Waals surface area (Å²) in [7, 11) is 0. The molecule has 0 amide bonds. The van der Waals surface area contributed by atoms with E-state index in [0.717, 1.165) is 18.4 Å². The zero-order chi connectivity index (χ0) is 11.0. The summed E-state index contributed by atoms with van der Waals surface area (Å²) in [6.45, 7) is 1.44. The molecule has 0 aliphatic heterocycles. The number of aliphatic hydroxyl groups excluding tert-OH is 1. The van der Waals surface area contributed by atoms with Crippen LogP contribution in [0.1, 0.15) is 32.6 Å². The Morgan fingerprint density at radius 3 is 2.73 bits per heavy atom. The molecule has 0 aromatic carbocycles. The number of rotatable bonds is 1. The van der Waals surface area contributed by atoms with E-state index < -0.39 is 0 Å². The van der Waals surface area contributed by atoms with Crippen molar-refractivity contribution in [3.63, 3.8) is 0 Å². The highest BCUT2D eigenvalue weighted by Crippen LogP contribution is 2.38. The van der Waals surface area contributed by atoms with E-state index in [-0.39, 0.29) is 23.2 Å². The third kappa shape index (κ3) is 1.74. The topological polar surface area (TPSA) is 54.4 Å². The average molecular weight is 206 g/mol. The molecule has 0 radical (unpaired) electrons. The maximum atomic E-state index is 11.4. The molecule has 0 saturated heterocycles. The van der Waals surface area contributed by atoms with E-state index in [2.05, 4.69) is 0 Å². The van der Waals surface area contributed by atoms with E-state index in [1.54, 1.807) is 6.08 Å². The zero-order valence-corrected chi connectivity index (χ0v) is 8.75. The third-order valence-electron chi connectivity index (χ3n) is 3.15. The maximum Gasteiger partial charge on any atom is 0.163 e. The minimum Gasteiger partial charge on any atom is -0.512 e. The SMILES string of the molecule is CC(=O)C1=C(O)CCC2CCC(=O)C=C12. The molecule has 0 fully saturated rings. The molecule has 15 heavy (non-hydrogen) atoms. The quantitative estimate of drug-likeness (QED) is 0.714. The molecule has 3 heteroatoms. The highest BCUT2D eigenvalue weighted by Gasteiger charge is 2.31. The number of aliphatic hydroxyl groups is 1. The predicted molar refractivity (Wildman–Crippen MR) is 55.4 cm³/mol. The first-order valence-corrected chi connectivity index (χ1v) is 5.27. The smallest absolute Gasteiger partial charge is 0.163 e. The highest BCUT2D eigenvalue weighted by atomic mass is 16.3. The average Bonchev–Trinajstić information content (AvgIpc) is 2.16. The van der Waals surface area contributed by atoms with Crippen molar-refractivity contribution in [2.75, 3.05) is 0 Å². The Labute approximate surface area is 88.5 Å². The first-order chi connectivity index (χ1) is 7.09. The number of ketones is 2. The van der Waals surface area contributed by atoms with Gasteiger partial charge in [-0.25, -0.2) is 0 Å². The third-order valence-corrected chi connectivity index (χ3v) is 3.15. The van der Waals surface area contributed by atoms with Gasteiger partial charge in [-0.2, -0.15) is 0 Å². The Bertz CT molecular complexity index is 388. The molecule has 1 N–H and O–H groups in total. The van der Waals surface area contributed by atoms with Crippen LogP contribution in [0, 0.1) is 5.92 Å². The van der Waals surface area contributed by atoms with Crippen LogP contribution in [0.5, 0.6) is 0 Å². The first kappa shape index (κ1) is 10.1. The molecule has 1 unspecified atom stereocenters. The van der Waals surface area contributed by atoms with Crippen LogP contribution in [-0.2, 0) is 9.59 Å². The molecule has 1 atom stereocenters. The molecule has 2 aliphatic rings. The molecule has 0 aromatic rings. The molecule has 2 rings (SSSR count). The maximum absolute atomic E-state index is 11.4. The molecular formula is C12H14O3. The first-order valence-electron chi connectivity index (χ1n) is 5.27. The van der Waals surface area contributed by atoms with Crippen LogP contribution >= 0.6 is 0 Å². The van der Waals surface area contributed by atoms with E-state index in [0.29, 0.717) is 18.4 Å². The van der Waals surface area contributed by atoms with Crippen molar-refractivity contribution in [2.45, 2.75) is 32.6 Å². The number of fused-ring (bicyclic) bond motifs is 1.